The summed E-state index contributed by atoms with van der Waals surface area (Å²) in [6.07, 6.45) is 9.25. The zero-order valence-electron chi connectivity index (χ0n) is 18.8. The fraction of sp³-hybridized carbons (Fsp3) is 0.346. The van der Waals surface area contributed by atoms with Gasteiger partial charge in [-0.1, -0.05) is 42.5 Å². The van der Waals surface area contributed by atoms with Crippen LogP contribution in [-0.2, 0) is 5.54 Å². The average molecular weight is 505 g/mol. The number of benzene rings is 2. The van der Waals surface area contributed by atoms with Gasteiger partial charge in [-0.2, -0.15) is 0 Å². The van der Waals surface area contributed by atoms with Crippen LogP contribution in [0.1, 0.15) is 46.2 Å². The average Bonchev–Trinajstić information content (AvgIpc) is 3.53. The number of aryl methyl sites for hydroxylation is 2. The molecule has 1 aromatic heterocycles. The van der Waals surface area contributed by atoms with Crippen LogP contribution in [0.25, 0.3) is 11.3 Å². The molecule has 2 atom stereocenters. The summed E-state index contributed by atoms with van der Waals surface area (Å²) in [4.78, 5) is 5.91. The Morgan fingerprint density at radius 1 is 1.30 bits per heavy atom. The number of terminal acetylenes is 1. The van der Waals surface area contributed by atoms with Gasteiger partial charge in [0.2, 0.25) is 0 Å². The maximum Gasteiger partial charge on any atom is 0.136 e. The third-order valence-corrected chi connectivity index (χ3v) is 7.65. The van der Waals surface area contributed by atoms with Gasteiger partial charge in [-0.25, -0.2) is 9.37 Å². The molecule has 3 aromatic rings. The first-order chi connectivity index (χ1) is 15.3. The molecule has 1 aliphatic carbocycles. The van der Waals surface area contributed by atoms with Crippen molar-refractivity contribution >= 4 is 35.3 Å². The molecule has 33 heavy (non-hydrogen) atoms. The molecule has 0 amide bonds. The number of hydrogen-bond acceptors (Lipinski definition) is 4. The molecule has 3 nitrogen and oxygen atoms in total. The van der Waals surface area contributed by atoms with Crippen molar-refractivity contribution < 1.29 is 9.13 Å². The Balaban J connectivity index is 0.00000306. The van der Waals surface area contributed by atoms with Crippen molar-refractivity contribution in [2.24, 2.45) is 11.7 Å². The Morgan fingerprint density at radius 2 is 1.97 bits per heavy atom. The summed E-state index contributed by atoms with van der Waals surface area (Å²) < 4.78 is 19.0. The predicted molar refractivity (Wildman–Crippen MR) is 137 cm³/mol. The summed E-state index contributed by atoms with van der Waals surface area (Å²) in [5, 5.41) is 1.23. The Labute approximate surface area is 209 Å². The zero-order valence-corrected chi connectivity index (χ0v) is 21.2. The second kappa shape index (κ2) is 10.0. The maximum absolute atomic E-state index is 13.6. The normalized spacial score (nSPS) is 15.8. The van der Waals surface area contributed by atoms with Crippen molar-refractivity contribution in [1.82, 2.24) is 4.98 Å². The highest BCUT2D eigenvalue weighted by atomic mass is 35.5. The van der Waals surface area contributed by atoms with Gasteiger partial charge in [0.05, 0.1) is 17.8 Å². The monoisotopic (exact) mass is 504 g/mol. The maximum atomic E-state index is 13.6. The molecule has 7 heteroatoms. The van der Waals surface area contributed by atoms with Crippen molar-refractivity contribution in [2.75, 3.05) is 7.11 Å². The number of thiazole rings is 1. The van der Waals surface area contributed by atoms with Crippen LogP contribution >= 0.6 is 35.3 Å². The second-order valence-electron chi connectivity index (χ2n) is 8.52. The fourth-order valence-corrected chi connectivity index (χ4v) is 5.46. The van der Waals surface area contributed by atoms with Gasteiger partial charge in [0.1, 0.15) is 22.1 Å². The molecule has 1 saturated carbocycles. The standard InChI is InChI=1S/C26H26ClFN2OS.ClH/c1-5-26(29,21(13-17-6-7-17)18-8-10-19(28)11-9-18)25-30-24(16(3)32-25)20-12-15(2)23(31-4)14-22(20)27;/h1,8-12,14,17,21H,6-7,13,29H2,2-4H3;1H/t21-,26?;/m0./s1. The van der Waals surface area contributed by atoms with Crippen molar-refractivity contribution in [3.05, 3.63) is 68.2 Å². The molecule has 1 aliphatic rings. The predicted octanol–water partition coefficient (Wildman–Crippen LogP) is 7.02. The minimum absolute atomic E-state index is 0. The first-order valence-electron chi connectivity index (χ1n) is 10.6. The van der Waals surface area contributed by atoms with Crippen LogP contribution in [0.2, 0.25) is 5.02 Å². The van der Waals surface area contributed by atoms with E-state index in [2.05, 4.69) is 5.92 Å². The quantitative estimate of drug-likeness (QED) is 0.351. The number of nitrogens with two attached hydrogens (primary N) is 1. The summed E-state index contributed by atoms with van der Waals surface area (Å²) >= 11 is 8.07. The highest BCUT2D eigenvalue weighted by Gasteiger charge is 2.42. The fourth-order valence-electron chi connectivity index (χ4n) is 4.17. The van der Waals surface area contributed by atoms with Crippen molar-refractivity contribution in [1.29, 1.82) is 0 Å². The van der Waals surface area contributed by atoms with Crippen LogP contribution in [0.4, 0.5) is 4.39 Å². The number of aromatic nitrogens is 1. The Bertz CT molecular complexity index is 1180. The summed E-state index contributed by atoms with van der Waals surface area (Å²) in [7, 11) is 1.62. The molecule has 4 rings (SSSR count). The molecule has 0 radical (unpaired) electrons. The van der Waals surface area contributed by atoms with E-state index < -0.39 is 5.54 Å². The number of rotatable bonds is 7. The van der Waals surface area contributed by atoms with Gasteiger partial charge in [0.25, 0.3) is 0 Å². The topological polar surface area (TPSA) is 48.1 Å². The van der Waals surface area contributed by atoms with Crippen LogP contribution in [0.15, 0.2) is 36.4 Å². The summed E-state index contributed by atoms with van der Waals surface area (Å²) in [5.41, 5.74) is 9.34. The van der Waals surface area contributed by atoms with E-state index in [0.717, 1.165) is 39.4 Å². The minimum Gasteiger partial charge on any atom is -0.496 e. The molecular formula is C26H27Cl2FN2OS. The lowest BCUT2D eigenvalue weighted by Crippen LogP contribution is -2.41. The van der Waals surface area contributed by atoms with E-state index in [1.807, 2.05) is 19.9 Å². The SMILES string of the molecule is C#CC(N)(c1nc(-c2cc(C)c(OC)cc2Cl)c(C)s1)[C@@H](CC1CC1)c1ccc(F)cc1.Cl. The minimum atomic E-state index is -1.11. The van der Waals surface area contributed by atoms with Crippen molar-refractivity contribution in [3.8, 4) is 29.4 Å². The van der Waals surface area contributed by atoms with Gasteiger partial charge >= 0.3 is 0 Å². The van der Waals surface area contributed by atoms with E-state index in [9.17, 15) is 4.39 Å². The molecule has 0 bridgehead atoms. The second-order valence-corrected chi connectivity index (χ2v) is 10.1. The molecule has 174 valence electrons. The summed E-state index contributed by atoms with van der Waals surface area (Å²) in [6, 6.07) is 10.3. The van der Waals surface area contributed by atoms with E-state index in [-0.39, 0.29) is 24.1 Å². The molecule has 2 N–H and O–H groups in total. The molecule has 0 saturated heterocycles. The van der Waals surface area contributed by atoms with Gasteiger partial charge in [0, 0.05) is 16.4 Å². The van der Waals surface area contributed by atoms with Gasteiger partial charge in [-0.05, 0) is 61.6 Å². The van der Waals surface area contributed by atoms with E-state index in [4.69, 9.17) is 33.5 Å². The number of nitrogens with zero attached hydrogens (tertiary/aromatic N) is 1. The highest BCUT2D eigenvalue weighted by Crippen LogP contribution is 2.47. The highest BCUT2D eigenvalue weighted by molar-refractivity contribution is 7.12. The number of hydrogen-bond donors (Lipinski definition) is 1. The largest absolute Gasteiger partial charge is 0.496 e. The number of ether oxygens (including phenoxy) is 1. The molecule has 0 spiro atoms. The Kier molecular flexibility index (Phi) is 7.76. The van der Waals surface area contributed by atoms with Crippen LogP contribution in [0.3, 0.4) is 0 Å². The lowest BCUT2D eigenvalue weighted by molar-refractivity contribution is 0.409. The van der Waals surface area contributed by atoms with Gasteiger partial charge < -0.3 is 10.5 Å². The van der Waals surface area contributed by atoms with Crippen LogP contribution < -0.4 is 10.5 Å². The molecule has 1 fully saturated rings. The smallest absolute Gasteiger partial charge is 0.136 e. The zero-order chi connectivity index (χ0) is 23.0. The van der Waals surface area contributed by atoms with E-state index >= 15 is 0 Å². The summed E-state index contributed by atoms with van der Waals surface area (Å²) in [5.74, 6) is 3.73. The molecule has 0 aliphatic heterocycles. The number of halogens is 3. The van der Waals surface area contributed by atoms with Gasteiger partial charge in [0.15, 0.2) is 0 Å². The van der Waals surface area contributed by atoms with Crippen molar-refractivity contribution in [3.63, 3.8) is 0 Å². The van der Waals surface area contributed by atoms with Crippen LogP contribution in [0.5, 0.6) is 5.75 Å². The lowest BCUT2D eigenvalue weighted by atomic mass is 9.77. The third kappa shape index (κ3) is 5.05. The van der Waals surface area contributed by atoms with Gasteiger partial charge in [-0.15, -0.1) is 30.2 Å². The molecule has 1 unspecified atom stereocenters. The first kappa shape index (κ1) is 25.5. The van der Waals surface area contributed by atoms with Gasteiger partial charge in [-0.3, -0.25) is 0 Å². The van der Waals surface area contributed by atoms with E-state index in [0.29, 0.717) is 15.9 Å². The van der Waals surface area contributed by atoms with E-state index in [1.165, 1.54) is 36.3 Å². The van der Waals surface area contributed by atoms with E-state index in [1.54, 1.807) is 25.3 Å². The molecular weight excluding hydrogens is 478 g/mol. The molecule has 1 heterocycles. The number of methoxy groups -OCH3 is 1. The van der Waals surface area contributed by atoms with Crippen LogP contribution in [0, 0.1) is 37.9 Å². The first-order valence-corrected chi connectivity index (χ1v) is 11.8. The van der Waals surface area contributed by atoms with Crippen LogP contribution in [-0.4, -0.2) is 12.1 Å². The Morgan fingerprint density at radius 3 is 2.55 bits per heavy atom. The third-order valence-electron chi connectivity index (χ3n) is 6.22. The Hall–Kier alpha value is -2.10. The van der Waals surface area contributed by atoms with Crippen molar-refractivity contribution in [2.45, 2.75) is 44.6 Å². The molecule has 2 aromatic carbocycles. The lowest BCUT2D eigenvalue weighted by Gasteiger charge is -2.32. The summed E-state index contributed by atoms with van der Waals surface area (Å²) in [6.45, 7) is 3.97.